The molecule has 2 rings (SSSR count). The van der Waals surface area contributed by atoms with Crippen molar-refractivity contribution >= 4 is 41.1 Å². The van der Waals surface area contributed by atoms with Gasteiger partial charge in [-0.15, -0.1) is 0 Å². The molecule has 0 radical (unpaired) electrons. The number of rotatable bonds is 4. The van der Waals surface area contributed by atoms with Crippen molar-refractivity contribution in [3.8, 4) is 0 Å². The van der Waals surface area contributed by atoms with Gasteiger partial charge in [-0.1, -0.05) is 47.5 Å². The summed E-state index contributed by atoms with van der Waals surface area (Å²) in [6, 6.07) is 11.7. The van der Waals surface area contributed by atoms with Crippen LogP contribution in [-0.2, 0) is 0 Å². The molecule has 2 aromatic rings. The Labute approximate surface area is 125 Å². The maximum absolute atomic E-state index is 11.0. The van der Waals surface area contributed by atoms with E-state index in [2.05, 4.69) is 10.5 Å². The molecule has 0 saturated heterocycles. The molecule has 102 valence electrons. The van der Waals surface area contributed by atoms with E-state index in [4.69, 9.17) is 28.3 Å². The quantitative estimate of drug-likeness (QED) is 0.659. The van der Waals surface area contributed by atoms with E-state index in [1.165, 1.54) is 12.3 Å². The van der Waals surface area contributed by atoms with Gasteiger partial charge >= 0.3 is 5.97 Å². The Morgan fingerprint density at radius 1 is 1.15 bits per heavy atom. The van der Waals surface area contributed by atoms with Crippen LogP contribution in [0.15, 0.2) is 47.6 Å². The van der Waals surface area contributed by atoms with Gasteiger partial charge in [0.2, 0.25) is 0 Å². The van der Waals surface area contributed by atoms with Crippen molar-refractivity contribution in [1.82, 2.24) is 0 Å². The lowest BCUT2D eigenvalue weighted by Crippen LogP contribution is -2.02. The number of hydrazone groups is 1. The van der Waals surface area contributed by atoms with Crippen LogP contribution in [0.3, 0.4) is 0 Å². The molecule has 0 fully saturated rings. The third kappa shape index (κ3) is 3.29. The minimum atomic E-state index is -1.02. The van der Waals surface area contributed by atoms with E-state index in [1.807, 2.05) is 0 Å². The van der Waals surface area contributed by atoms with Crippen molar-refractivity contribution in [1.29, 1.82) is 0 Å². The number of benzene rings is 2. The van der Waals surface area contributed by atoms with Crippen molar-refractivity contribution < 1.29 is 9.90 Å². The van der Waals surface area contributed by atoms with Crippen molar-refractivity contribution in [3.63, 3.8) is 0 Å². The van der Waals surface area contributed by atoms with E-state index in [0.29, 0.717) is 21.3 Å². The summed E-state index contributed by atoms with van der Waals surface area (Å²) >= 11 is 11.9. The Balaban J connectivity index is 2.19. The highest BCUT2D eigenvalue weighted by Gasteiger charge is 2.07. The lowest BCUT2D eigenvalue weighted by molar-refractivity contribution is 0.0698. The predicted octanol–water partition coefficient (Wildman–Crippen LogP) is 4.14. The van der Waals surface area contributed by atoms with Gasteiger partial charge in [0.15, 0.2) is 0 Å². The fourth-order valence-corrected chi connectivity index (χ4v) is 1.92. The van der Waals surface area contributed by atoms with Gasteiger partial charge < -0.3 is 5.11 Å². The molecular formula is C14H10Cl2N2O2. The van der Waals surface area contributed by atoms with Gasteiger partial charge in [0.25, 0.3) is 0 Å². The largest absolute Gasteiger partial charge is 0.478 e. The van der Waals surface area contributed by atoms with E-state index < -0.39 is 5.97 Å². The molecule has 20 heavy (non-hydrogen) atoms. The third-order valence-corrected chi connectivity index (χ3v) is 3.36. The first-order valence-corrected chi connectivity index (χ1v) is 6.40. The number of nitrogens with one attached hydrogen (secondary N) is 1. The number of anilines is 1. The minimum Gasteiger partial charge on any atom is -0.478 e. The molecule has 2 N–H and O–H groups in total. The lowest BCUT2D eigenvalue weighted by Gasteiger charge is -2.04. The summed E-state index contributed by atoms with van der Waals surface area (Å²) in [5, 5.41) is 13.8. The first-order valence-electron chi connectivity index (χ1n) is 5.65. The van der Waals surface area contributed by atoms with Crippen molar-refractivity contribution in [3.05, 3.63) is 63.6 Å². The molecular weight excluding hydrogens is 299 g/mol. The Hall–Kier alpha value is -2.04. The Morgan fingerprint density at radius 3 is 2.65 bits per heavy atom. The zero-order chi connectivity index (χ0) is 14.5. The highest BCUT2D eigenvalue weighted by Crippen LogP contribution is 2.24. The summed E-state index contributed by atoms with van der Waals surface area (Å²) in [7, 11) is 0. The number of carbonyl (C=O) groups is 1. The van der Waals surface area contributed by atoms with Gasteiger partial charge in [-0.2, -0.15) is 5.10 Å². The fraction of sp³-hybridized carbons (Fsp3) is 0. The first-order chi connectivity index (χ1) is 9.59. The van der Waals surface area contributed by atoms with E-state index in [0.717, 1.165) is 0 Å². The van der Waals surface area contributed by atoms with Gasteiger partial charge in [0.05, 0.1) is 27.5 Å². The van der Waals surface area contributed by atoms with E-state index in [1.54, 1.807) is 36.4 Å². The number of para-hydroxylation sites is 1. The monoisotopic (exact) mass is 308 g/mol. The Kier molecular flexibility index (Phi) is 4.61. The van der Waals surface area contributed by atoms with Gasteiger partial charge in [0, 0.05) is 5.56 Å². The Bertz CT molecular complexity index is 672. The molecule has 0 aliphatic heterocycles. The maximum atomic E-state index is 11.0. The van der Waals surface area contributed by atoms with Crippen molar-refractivity contribution in [2.45, 2.75) is 0 Å². The summed E-state index contributed by atoms with van der Waals surface area (Å²) in [6.45, 7) is 0. The third-order valence-electron chi connectivity index (χ3n) is 2.53. The summed E-state index contributed by atoms with van der Waals surface area (Å²) < 4.78 is 0. The van der Waals surface area contributed by atoms with E-state index >= 15 is 0 Å². The normalized spacial score (nSPS) is 10.7. The first kappa shape index (κ1) is 14.4. The zero-order valence-corrected chi connectivity index (χ0v) is 11.7. The molecule has 6 heteroatoms. The molecule has 0 spiro atoms. The molecule has 4 nitrogen and oxygen atoms in total. The van der Waals surface area contributed by atoms with Crippen LogP contribution in [0, 0.1) is 0 Å². The molecule has 0 heterocycles. The van der Waals surface area contributed by atoms with E-state index in [-0.39, 0.29) is 5.56 Å². The van der Waals surface area contributed by atoms with Gasteiger partial charge in [0.1, 0.15) is 0 Å². The topological polar surface area (TPSA) is 61.7 Å². The second kappa shape index (κ2) is 6.41. The predicted molar refractivity (Wildman–Crippen MR) is 81.1 cm³/mol. The zero-order valence-electron chi connectivity index (χ0n) is 10.2. The second-order valence-corrected chi connectivity index (χ2v) is 4.65. The number of carboxylic acid groups (broad SMARTS) is 1. The molecule has 0 bridgehead atoms. The van der Waals surface area contributed by atoms with Gasteiger partial charge in [-0.25, -0.2) is 4.79 Å². The molecule has 0 atom stereocenters. The van der Waals surface area contributed by atoms with Crippen LogP contribution in [0.25, 0.3) is 0 Å². The molecule has 0 saturated carbocycles. The van der Waals surface area contributed by atoms with Crippen LogP contribution in [-0.4, -0.2) is 17.3 Å². The van der Waals surface area contributed by atoms with Crippen LogP contribution < -0.4 is 5.43 Å². The SMILES string of the molecule is O=C(O)c1ccccc1N/N=C/c1cccc(Cl)c1Cl. The second-order valence-electron chi connectivity index (χ2n) is 3.86. The highest BCUT2D eigenvalue weighted by atomic mass is 35.5. The van der Waals surface area contributed by atoms with Crippen LogP contribution >= 0.6 is 23.2 Å². The van der Waals surface area contributed by atoms with Crippen molar-refractivity contribution in [2.24, 2.45) is 5.10 Å². The smallest absolute Gasteiger partial charge is 0.337 e. The summed E-state index contributed by atoms with van der Waals surface area (Å²) in [6.07, 6.45) is 1.48. The van der Waals surface area contributed by atoms with Crippen LogP contribution in [0.2, 0.25) is 10.0 Å². The van der Waals surface area contributed by atoms with Crippen molar-refractivity contribution in [2.75, 3.05) is 5.43 Å². The summed E-state index contributed by atoms with van der Waals surface area (Å²) in [5.41, 5.74) is 3.85. The van der Waals surface area contributed by atoms with E-state index in [9.17, 15) is 4.79 Å². The maximum Gasteiger partial charge on any atom is 0.337 e. The summed E-state index contributed by atoms with van der Waals surface area (Å²) in [5.74, 6) is -1.02. The standard InChI is InChI=1S/C14H10Cl2N2O2/c15-11-6-3-4-9(13(11)16)8-17-18-12-7-2-1-5-10(12)14(19)20/h1-8,18H,(H,19,20)/b17-8+. The summed E-state index contributed by atoms with van der Waals surface area (Å²) in [4.78, 5) is 11.0. The lowest BCUT2D eigenvalue weighted by atomic mass is 10.2. The van der Waals surface area contributed by atoms with Crippen LogP contribution in [0.4, 0.5) is 5.69 Å². The number of halogens is 2. The molecule has 0 amide bonds. The van der Waals surface area contributed by atoms with Crippen LogP contribution in [0.5, 0.6) is 0 Å². The van der Waals surface area contributed by atoms with Crippen LogP contribution in [0.1, 0.15) is 15.9 Å². The fourth-order valence-electron chi connectivity index (χ4n) is 1.56. The number of aromatic carboxylic acids is 1. The molecule has 0 aromatic heterocycles. The average Bonchev–Trinajstić information content (AvgIpc) is 2.44. The highest BCUT2D eigenvalue weighted by molar-refractivity contribution is 6.43. The number of hydrogen-bond acceptors (Lipinski definition) is 3. The Morgan fingerprint density at radius 2 is 1.90 bits per heavy atom. The number of carboxylic acids is 1. The molecule has 2 aromatic carbocycles. The molecule has 0 unspecified atom stereocenters. The number of hydrogen-bond donors (Lipinski definition) is 2. The van der Waals surface area contributed by atoms with Gasteiger partial charge in [-0.05, 0) is 18.2 Å². The number of nitrogens with zero attached hydrogens (tertiary/aromatic N) is 1. The minimum absolute atomic E-state index is 0.141. The average molecular weight is 309 g/mol. The molecule has 0 aliphatic carbocycles. The van der Waals surface area contributed by atoms with Gasteiger partial charge in [-0.3, -0.25) is 5.43 Å². The molecule has 0 aliphatic rings.